The van der Waals surface area contributed by atoms with Gasteiger partial charge in [-0.3, -0.25) is 4.79 Å². The predicted molar refractivity (Wildman–Crippen MR) is 118 cm³/mol. The third-order valence-electron chi connectivity index (χ3n) is 4.44. The second kappa shape index (κ2) is 8.60. The van der Waals surface area contributed by atoms with Crippen molar-refractivity contribution in [2.75, 3.05) is 0 Å². The van der Waals surface area contributed by atoms with Gasteiger partial charge in [0.2, 0.25) is 0 Å². The van der Waals surface area contributed by atoms with Crippen molar-refractivity contribution >= 4 is 50.6 Å². The largest absolute Gasteiger partial charge is 0.481 e. The molecule has 2 aromatic heterocycles. The Morgan fingerprint density at radius 3 is 2.52 bits per heavy atom. The van der Waals surface area contributed by atoms with E-state index in [1.54, 1.807) is 11.8 Å². The van der Waals surface area contributed by atoms with Crippen molar-refractivity contribution in [1.82, 2.24) is 9.97 Å². The zero-order valence-corrected chi connectivity index (χ0v) is 18.5. The summed E-state index contributed by atoms with van der Waals surface area (Å²) < 4.78 is 39.3. The molecular weight excluding hydrogens is 465 g/mol. The van der Waals surface area contributed by atoms with Crippen LogP contribution in [0.5, 0.6) is 0 Å². The lowest BCUT2D eigenvalue weighted by Gasteiger charge is -2.06. The van der Waals surface area contributed by atoms with Crippen LogP contribution in [0.3, 0.4) is 0 Å². The number of halogens is 3. The second-order valence-corrected chi connectivity index (χ2v) is 9.86. The first kappa shape index (κ1) is 21.8. The molecule has 0 aliphatic rings. The second-order valence-electron chi connectivity index (χ2n) is 6.67. The van der Waals surface area contributed by atoms with Crippen LogP contribution in [-0.2, 0) is 23.1 Å². The highest BCUT2D eigenvalue weighted by molar-refractivity contribution is 7.99. The van der Waals surface area contributed by atoms with E-state index in [9.17, 15) is 18.0 Å². The van der Waals surface area contributed by atoms with Gasteiger partial charge >= 0.3 is 12.1 Å². The standard InChI is InChI=1S/C21H15F3N2O2S3/c1-11-16(30-20(25-11)12-5-7-13(8-6-12)21(22,23)24)10-29-15-4-2-3-14-19(15)31-17(26-14)9-18(27)28/h2-8H,9-10H2,1H3,(H,27,28). The Morgan fingerprint density at radius 2 is 1.84 bits per heavy atom. The number of aliphatic carboxylic acids is 1. The van der Waals surface area contributed by atoms with E-state index in [1.807, 2.05) is 25.1 Å². The number of aryl methyl sites for hydroxylation is 1. The smallest absolute Gasteiger partial charge is 0.416 e. The zero-order chi connectivity index (χ0) is 22.2. The minimum absolute atomic E-state index is 0.103. The van der Waals surface area contributed by atoms with Crippen LogP contribution >= 0.6 is 34.4 Å². The number of carboxylic acid groups (broad SMARTS) is 1. The molecule has 0 spiro atoms. The Hall–Kier alpha value is -2.43. The number of rotatable bonds is 6. The fraction of sp³-hybridized carbons (Fsp3) is 0.190. The number of carboxylic acids is 1. The Labute approximate surface area is 187 Å². The molecule has 0 atom stereocenters. The molecule has 2 aromatic carbocycles. The van der Waals surface area contributed by atoms with Crippen molar-refractivity contribution in [3.05, 3.63) is 63.6 Å². The van der Waals surface area contributed by atoms with Crippen molar-refractivity contribution in [1.29, 1.82) is 0 Å². The molecule has 0 aliphatic carbocycles. The molecule has 4 nitrogen and oxygen atoms in total. The number of alkyl halides is 3. The average molecular weight is 481 g/mol. The van der Waals surface area contributed by atoms with Gasteiger partial charge in [-0.1, -0.05) is 18.2 Å². The van der Waals surface area contributed by atoms with Gasteiger partial charge in [-0.2, -0.15) is 13.2 Å². The Morgan fingerprint density at radius 1 is 1.10 bits per heavy atom. The number of aromatic nitrogens is 2. The molecule has 4 rings (SSSR count). The van der Waals surface area contributed by atoms with Crippen LogP contribution in [0.15, 0.2) is 47.4 Å². The van der Waals surface area contributed by atoms with E-state index in [0.29, 0.717) is 21.3 Å². The molecule has 10 heteroatoms. The maximum Gasteiger partial charge on any atom is 0.416 e. The first-order valence-electron chi connectivity index (χ1n) is 9.07. The van der Waals surface area contributed by atoms with Gasteiger partial charge in [0, 0.05) is 21.1 Å². The van der Waals surface area contributed by atoms with E-state index in [-0.39, 0.29) is 6.42 Å². The van der Waals surface area contributed by atoms with Gasteiger partial charge in [-0.25, -0.2) is 9.97 Å². The van der Waals surface area contributed by atoms with Crippen molar-refractivity contribution in [2.24, 2.45) is 0 Å². The SMILES string of the molecule is Cc1nc(-c2ccc(C(F)(F)F)cc2)sc1CSc1cccc2nc(CC(=O)O)sc12. The van der Waals surface area contributed by atoms with Crippen LogP contribution in [0, 0.1) is 6.92 Å². The summed E-state index contributed by atoms with van der Waals surface area (Å²) in [5.74, 6) is -0.264. The van der Waals surface area contributed by atoms with Gasteiger partial charge in [0.25, 0.3) is 0 Å². The molecule has 0 saturated heterocycles. The van der Waals surface area contributed by atoms with Crippen LogP contribution in [0.1, 0.15) is 21.1 Å². The van der Waals surface area contributed by atoms with Crippen LogP contribution in [0.4, 0.5) is 13.2 Å². The summed E-state index contributed by atoms with van der Waals surface area (Å²) in [5, 5.41) is 10.2. The number of hydrogen-bond acceptors (Lipinski definition) is 6. The zero-order valence-electron chi connectivity index (χ0n) is 16.1. The number of nitrogens with zero attached hydrogens (tertiary/aromatic N) is 2. The Bertz CT molecular complexity index is 1250. The Kier molecular flexibility index (Phi) is 6.05. The molecule has 160 valence electrons. The topological polar surface area (TPSA) is 63.1 Å². The average Bonchev–Trinajstić information content (AvgIpc) is 3.28. The quantitative estimate of drug-likeness (QED) is 0.313. The van der Waals surface area contributed by atoms with Gasteiger partial charge in [-0.05, 0) is 31.2 Å². The highest BCUT2D eigenvalue weighted by Gasteiger charge is 2.30. The van der Waals surface area contributed by atoms with Crippen molar-refractivity contribution in [3.8, 4) is 10.6 Å². The van der Waals surface area contributed by atoms with Gasteiger partial charge in [-0.15, -0.1) is 34.4 Å². The summed E-state index contributed by atoms with van der Waals surface area (Å²) in [4.78, 5) is 21.9. The van der Waals surface area contributed by atoms with Crippen LogP contribution in [0.25, 0.3) is 20.8 Å². The number of thioether (sulfide) groups is 1. The van der Waals surface area contributed by atoms with E-state index < -0.39 is 17.7 Å². The molecule has 4 aromatic rings. The van der Waals surface area contributed by atoms with Gasteiger partial charge < -0.3 is 5.11 Å². The first-order valence-corrected chi connectivity index (χ1v) is 11.7. The van der Waals surface area contributed by atoms with Gasteiger partial charge in [0.05, 0.1) is 27.9 Å². The fourth-order valence-corrected chi connectivity index (χ4v) is 6.36. The monoisotopic (exact) mass is 480 g/mol. The highest BCUT2D eigenvalue weighted by Crippen LogP contribution is 2.38. The molecule has 0 saturated carbocycles. The molecule has 0 unspecified atom stereocenters. The third-order valence-corrected chi connectivity index (χ3v) is 8.14. The van der Waals surface area contributed by atoms with E-state index in [0.717, 1.165) is 37.8 Å². The molecule has 0 radical (unpaired) electrons. The van der Waals surface area contributed by atoms with Crippen LogP contribution in [-0.4, -0.2) is 21.0 Å². The number of benzene rings is 2. The summed E-state index contributed by atoms with van der Waals surface area (Å²) in [6.45, 7) is 1.89. The summed E-state index contributed by atoms with van der Waals surface area (Å²) in [5.41, 5.74) is 1.59. The highest BCUT2D eigenvalue weighted by atomic mass is 32.2. The van der Waals surface area contributed by atoms with E-state index in [2.05, 4.69) is 9.97 Å². The van der Waals surface area contributed by atoms with Crippen LogP contribution < -0.4 is 0 Å². The molecule has 2 heterocycles. The van der Waals surface area contributed by atoms with Crippen molar-refractivity contribution in [2.45, 2.75) is 30.2 Å². The first-order chi connectivity index (χ1) is 14.7. The Balaban J connectivity index is 1.53. The fourth-order valence-electron chi connectivity index (χ4n) is 2.92. The maximum atomic E-state index is 12.8. The summed E-state index contributed by atoms with van der Waals surface area (Å²) in [6.07, 6.45) is -4.46. The molecule has 0 bridgehead atoms. The lowest BCUT2D eigenvalue weighted by Crippen LogP contribution is -2.03. The minimum atomic E-state index is -4.36. The summed E-state index contributed by atoms with van der Waals surface area (Å²) in [6, 6.07) is 10.8. The molecule has 31 heavy (non-hydrogen) atoms. The van der Waals surface area contributed by atoms with E-state index in [1.165, 1.54) is 34.8 Å². The van der Waals surface area contributed by atoms with E-state index >= 15 is 0 Å². The molecular formula is C21H15F3N2O2S3. The lowest BCUT2D eigenvalue weighted by atomic mass is 10.1. The number of fused-ring (bicyclic) bond motifs is 1. The number of thiazole rings is 2. The predicted octanol–water partition coefficient (Wildman–Crippen LogP) is 6.67. The minimum Gasteiger partial charge on any atom is -0.481 e. The maximum absolute atomic E-state index is 12.8. The van der Waals surface area contributed by atoms with Crippen LogP contribution in [0.2, 0.25) is 0 Å². The summed E-state index contributed by atoms with van der Waals surface area (Å²) in [7, 11) is 0. The lowest BCUT2D eigenvalue weighted by molar-refractivity contribution is -0.138. The van der Waals surface area contributed by atoms with Gasteiger partial charge in [0.1, 0.15) is 10.0 Å². The number of carbonyl (C=O) groups is 1. The van der Waals surface area contributed by atoms with Crippen molar-refractivity contribution in [3.63, 3.8) is 0 Å². The van der Waals surface area contributed by atoms with Crippen molar-refractivity contribution < 1.29 is 23.1 Å². The third kappa shape index (κ3) is 4.91. The van der Waals surface area contributed by atoms with Gasteiger partial charge in [0.15, 0.2) is 0 Å². The molecule has 0 aliphatic heterocycles. The molecule has 1 N–H and O–H groups in total. The summed E-state index contributed by atoms with van der Waals surface area (Å²) >= 11 is 4.45. The molecule has 0 amide bonds. The normalized spacial score (nSPS) is 11.9. The molecule has 0 fully saturated rings. The number of hydrogen-bond donors (Lipinski definition) is 1. The van der Waals surface area contributed by atoms with E-state index in [4.69, 9.17) is 5.11 Å².